The van der Waals surface area contributed by atoms with Crippen LogP contribution in [0.5, 0.6) is 0 Å². The van der Waals surface area contributed by atoms with Crippen molar-refractivity contribution in [3.8, 4) is 11.1 Å². The molecule has 0 aliphatic carbocycles. The summed E-state index contributed by atoms with van der Waals surface area (Å²) < 4.78 is 60.7. The first kappa shape index (κ1) is 22.8. The van der Waals surface area contributed by atoms with Crippen LogP contribution in [0, 0.1) is 5.82 Å². The Bertz CT molecular complexity index is 1130. The highest BCUT2D eigenvalue weighted by molar-refractivity contribution is 5.89. The molecular formula is C24H21F4N3O2. The van der Waals surface area contributed by atoms with Crippen molar-refractivity contribution in [3.63, 3.8) is 0 Å². The number of halogens is 4. The lowest BCUT2D eigenvalue weighted by atomic mass is 9.92. The second-order valence-electron chi connectivity index (χ2n) is 7.66. The molecule has 172 valence electrons. The average Bonchev–Trinajstić information content (AvgIpc) is 2.79. The van der Waals surface area contributed by atoms with Crippen LogP contribution in [-0.2, 0) is 17.7 Å². The number of fused-ring (bicyclic) bond motifs is 1. The van der Waals surface area contributed by atoms with E-state index in [0.717, 1.165) is 5.56 Å². The Morgan fingerprint density at radius 1 is 1.21 bits per heavy atom. The number of pyridine rings is 2. The van der Waals surface area contributed by atoms with Gasteiger partial charge in [0.05, 0.1) is 12.3 Å². The lowest BCUT2D eigenvalue weighted by Crippen LogP contribution is -2.42. The van der Waals surface area contributed by atoms with Gasteiger partial charge in [0.2, 0.25) is 0 Å². The molecule has 1 atom stereocenters. The van der Waals surface area contributed by atoms with Crippen molar-refractivity contribution >= 4 is 5.97 Å². The van der Waals surface area contributed by atoms with Crippen LogP contribution < -0.4 is 0 Å². The minimum absolute atomic E-state index is 0.00158. The maximum Gasteiger partial charge on any atom is 0.408 e. The van der Waals surface area contributed by atoms with E-state index in [0.29, 0.717) is 16.8 Å². The predicted molar refractivity (Wildman–Crippen MR) is 113 cm³/mol. The van der Waals surface area contributed by atoms with Gasteiger partial charge in [-0.2, -0.15) is 13.2 Å². The number of esters is 1. The number of rotatable bonds is 5. The van der Waals surface area contributed by atoms with Crippen molar-refractivity contribution in [1.82, 2.24) is 14.9 Å². The lowest BCUT2D eigenvalue weighted by molar-refractivity contribution is -0.189. The maximum absolute atomic E-state index is 14.1. The molecule has 1 aliphatic rings. The van der Waals surface area contributed by atoms with Crippen molar-refractivity contribution < 1.29 is 27.1 Å². The van der Waals surface area contributed by atoms with Crippen molar-refractivity contribution in [2.24, 2.45) is 0 Å². The lowest BCUT2D eigenvalue weighted by Gasteiger charge is -2.36. The van der Waals surface area contributed by atoms with E-state index >= 15 is 0 Å². The number of benzene rings is 1. The van der Waals surface area contributed by atoms with E-state index in [2.05, 4.69) is 9.97 Å². The third-order valence-corrected chi connectivity index (χ3v) is 5.53. The Labute approximate surface area is 188 Å². The normalized spacial score (nSPS) is 15.1. The molecule has 0 N–H and O–H groups in total. The van der Waals surface area contributed by atoms with E-state index in [-0.39, 0.29) is 37.4 Å². The first-order valence-corrected chi connectivity index (χ1v) is 10.4. The predicted octanol–water partition coefficient (Wildman–Crippen LogP) is 5.12. The van der Waals surface area contributed by atoms with Crippen LogP contribution >= 0.6 is 0 Å². The number of aromatic nitrogens is 2. The summed E-state index contributed by atoms with van der Waals surface area (Å²) in [6.07, 6.45) is -1.62. The molecule has 0 saturated heterocycles. The fourth-order valence-corrected chi connectivity index (χ4v) is 4.12. The highest BCUT2D eigenvalue weighted by atomic mass is 19.4. The van der Waals surface area contributed by atoms with Crippen LogP contribution in [0.1, 0.15) is 40.3 Å². The van der Waals surface area contributed by atoms with Crippen molar-refractivity contribution in [3.05, 3.63) is 83.2 Å². The standard InChI is InChI=1S/C24H21F4N3O2/c1-2-33-23(32)20-12-19(15-5-7-17(25)8-6-15)18-9-11-31(14-21(18)30-20)22(24(26,27)28)16-4-3-10-29-13-16/h3-8,10,12-13,22H,2,9,11,14H2,1H3. The fraction of sp³-hybridized carbons (Fsp3) is 0.292. The van der Waals surface area contributed by atoms with Crippen molar-refractivity contribution in [1.29, 1.82) is 0 Å². The zero-order chi connectivity index (χ0) is 23.6. The van der Waals surface area contributed by atoms with Crippen molar-refractivity contribution in [2.45, 2.75) is 32.1 Å². The topological polar surface area (TPSA) is 55.3 Å². The van der Waals surface area contributed by atoms with Crippen LogP contribution in [0.4, 0.5) is 17.6 Å². The number of ether oxygens (including phenoxy) is 1. The molecule has 0 bridgehead atoms. The molecule has 9 heteroatoms. The summed E-state index contributed by atoms with van der Waals surface area (Å²) in [7, 11) is 0. The number of carbonyl (C=O) groups excluding carboxylic acids is 1. The van der Waals surface area contributed by atoms with Gasteiger partial charge in [-0.05, 0) is 59.9 Å². The summed E-state index contributed by atoms with van der Waals surface area (Å²) in [5.41, 5.74) is 2.42. The molecule has 5 nitrogen and oxygen atoms in total. The molecule has 2 aromatic heterocycles. The van der Waals surface area contributed by atoms with Crippen LogP contribution in [0.3, 0.4) is 0 Å². The molecule has 0 spiro atoms. The van der Waals surface area contributed by atoms with Gasteiger partial charge in [0.15, 0.2) is 0 Å². The van der Waals surface area contributed by atoms with Gasteiger partial charge in [0, 0.05) is 25.5 Å². The first-order valence-electron chi connectivity index (χ1n) is 10.4. The molecule has 0 radical (unpaired) electrons. The van der Waals surface area contributed by atoms with Gasteiger partial charge in [-0.15, -0.1) is 0 Å². The number of carbonyl (C=O) groups is 1. The maximum atomic E-state index is 14.1. The van der Waals surface area contributed by atoms with Gasteiger partial charge < -0.3 is 4.74 Å². The second kappa shape index (κ2) is 9.27. The van der Waals surface area contributed by atoms with E-state index in [1.54, 1.807) is 25.1 Å². The van der Waals surface area contributed by atoms with Crippen LogP contribution in [0.25, 0.3) is 11.1 Å². The smallest absolute Gasteiger partial charge is 0.408 e. The number of hydrogen-bond acceptors (Lipinski definition) is 5. The quantitative estimate of drug-likeness (QED) is 0.392. The van der Waals surface area contributed by atoms with Crippen molar-refractivity contribution in [2.75, 3.05) is 13.2 Å². The first-order chi connectivity index (χ1) is 15.8. The largest absolute Gasteiger partial charge is 0.461 e. The molecule has 0 amide bonds. The van der Waals surface area contributed by atoms with E-state index < -0.39 is 24.0 Å². The molecule has 1 aliphatic heterocycles. The van der Waals surface area contributed by atoms with E-state index in [1.807, 2.05) is 0 Å². The Morgan fingerprint density at radius 3 is 2.61 bits per heavy atom. The Hall–Kier alpha value is -3.33. The summed E-state index contributed by atoms with van der Waals surface area (Å²) >= 11 is 0. The molecule has 3 heterocycles. The molecule has 1 unspecified atom stereocenters. The molecular weight excluding hydrogens is 438 g/mol. The molecule has 3 aromatic rings. The SMILES string of the molecule is CCOC(=O)c1cc(-c2ccc(F)cc2)c2c(n1)CN(C(c1cccnc1)C(F)(F)F)CC2. The monoisotopic (exact) mass is 459 g/mol. The van der Waals surface area contributed by atoms with E-state index in [4.69, 9.17) is 4.74 Å². The summed E-state index contributed by atoms with van der Waals surface area (Å²) in [6, 6.07) is 8.29. The number of nitrogens with zero attached hydrogens (tertiary/aromatic N) is 3. The fourth-order valence-electron chi connectivity index (χ4n) is 4.12. The van der Waals surface area contributed by atoms with Crippen LogP contribution in [0.2, 0.25) is 0 Å². The highest BCUT2D eigenvalue weighted by Gasteiger charge is 2.46. The number of hydrogen-bond donors (Lipinski definition) is 0. The molecule has 33 heavy (non-hydrogen) atoms. The van der Waals surface area contributed by atoms with E-state index in [1.165, 1.54) is 41.6 Å². The Balaban J connectivity index is 1.78. The second-order valence-corrected chi connectivity index (χ2v) is 7.66. The third-order valence-electron chi connectivity index (χ3n) is 5.53. The van der Waals surface area contributed by atoms with Crippen LogP contribution in [-0.4, -0.2) is 40.2 Å². The number of alkyl halides is 3. The molecule has 4 rings (SSSR count). The molecule has 0 saturated carbocycles. The van der Waals surface area contributed by atoms with Crippen LogP contribution in [0.15, 0.2) is 54.9 Å². The third kappa shape index (κ3) is 4.88. The van der Waals surface area contributed by atoms with Gasteiger partial charge in [0.25, 0.3) is 0 Å². The summed E-state index contributed by atoms with van der Waals surface area (Å²) in [6.45, 7) is 1.80. The van der Waals surface area contributed by atoms with Gasteiger partial charge in [0.1, 0.15) is 17.6 Å². The zero-order valence-electron chi connectivity index (χ0n) is 17.8. The zero-order valence-corrected chi connectivity index (χ0v) is 17.8. The van der Waals surface area contributed by atoms with Gasteiger partial charge in [-0.25, -0.2) is 14.2 Å². The summed E-state index contributed by atoms with van der Waals surface area (Å²) in [5, 5.41) is 0. The average molecular weight is 459 g/mol. The Kier molecular flexibility index (Phi) is 6.42. The molecule has 0 fully saturated rings. The Morgan fingerprint density at radius 2 is 1.97 bits per heavy atom. The van der Waals surface area contributed by atoms with Gasteiger partial charge in [-0.1, -0.05) is 18.2 Å². The highest BCUT2D eigenvalue weighted by Crippen LogP contribution is 2.41. The minimum atomic E-state index is -4.53. The minimum Gasteiger partial charge on any atom is -0.461 e. The molecule has 1 aromatic carbocycles. The summed E-state index contributed by atoms with van der Waals surface area (Å²) in [4.78, 5) is 21.9. The van der Waals surface area contributed by atoms with Gasteiger partial charge in [-0.3, -0.25) is 9.88 Å². The van der Waals surface area contributed by atoms with E-state index in [9.17, 15) is 22.4 Å². The van der Waals surface area contributed by atoms with Gasteiger partial charge >= 0.3 is 12.1 Å². The summed E-state index contributed by atoms with van der Waals surface area (Å²) in [5.74, 6) is -1.08.